The minimum Gasteiger partial charge on any atom is -0.249 e. The second-order valence-electron chi connectivity index (χ2n) is 4.95. The van der Waals surface area contributed by atoms with E-state index < -0.39 is 21.9 Å². The first-order valence-corrected chi connectivity index (χ1v) is 8.53. The van der Waals surface area contributed by atoms with E-state index in [9.17, 15) is 12.8 Å². The maximum absolute atomic E-state index is 13.9. The van der Waals surface area contributed by atoms with Crippen LogP contribution in [-0.2, 0) is 16.6 Å². The summed E-state index contributed by atoms with van der Waals surface area (Å²) in [5.41, 5.74) is 0.661. The van der Waals surface area contributed by atoms with Crippen molar-refractivity contribution in [2.45, 2.75) is 44.7 Å². The summed E-state index contributed by atoms with van der Waals surface area (Å²) >= 11 is 0. The summed E-state index contributed by atoms with van der Waals surface area (Å²) in [7, 11) is -3.98. The lowest BCUT2D eigenvalue weighted by molar-refractivity contribution is 0.498. The summed E-state index contributed by atoms with van der Waals surface area (Å²) in [6.45, 7) is 5.99. The Morgan fingerprint density at radius 3 is 2.68 bits per heavy atom. The van der Waals surface area contributed by atoms with E-state index in [4.69, 9.17) is 0 Å². The molecule has 0 bridgehead atoms. The molecular formula is C14H19FN4O2S. The van der Waals surface area contributed by atoms with Gasteiger partial charge in [0, 0.05) is 6.54 Å². The number of hydrogen-bond donors (Lipinski definition) is 1. The van der Waals surface area contributed by atoms with Crippen LogP contribution < -0.4 is 4.72 Å². The van der Waals surface area contributed by atoms with Gasteiger partial charge in [0.25, 0.3) is 0 Å². The molecule has 0 saturated heterocycles. The topological polar surface area (TPSA) is 76.9 Å². The summed E-state index contributed by atoms with van der Waals surface area (Å²) in [6, 6.07) is 3.47. The standard InChI is InChI=1S/C14H19FN4O2S/c1-4-12(14-16-9-17-19(14)5-2)18-22(20,21)13-7-6-10(3)8-11(13)15/h6-9,12,18H,4-5H2,1-3H3/t12-/m1/s1. The number of rotatable bonds is 6. The molecule has 1 aromatic carbocycles. The summed E-state index contributed by atoms with van der Waals surface area (Å²) in [5.74, 6) is -0.250. The molecule has 0 aliphatic heterocycles. The Bertz CT molecular complexity index is 758. The van der Waals surface area contributed by atoms with E-state index in [0.29, 0.717) is 24.4 Å². The minimum atomic E-state index is -3.98. The number of nitrogens with one attached hydrogen (secondary N) is 1. The average molecular weight is 326 g/mol. The molecule has 1 atom stereocenters. The molecule has 1 heterocycles. The van der Waals surface area contributed by atoms with Crippen LogP contribution in [0.4, 0.5) is 4.39 Å². The van der Waals surface area contributed by atoms with Gasteiger partial charge in [-0.25, -0.2) is 27.2 Å². The number of sulfonamides is 1. The Balaban J connectivity index is 2.34. The van der Waals surface area contributed by atoms with Gasteiger partial charge in [-0.15, -0.1) is 0 Å². The van der Waals surface area contributed by atoms with Crippen LogP contribution in [0.3, 0.4) is 0 Å². The van der Waals surface area contributed by atoms with Gasteiger partial charge in [-0.2, -0.15) is 5.10 Å². The lowest BCUT2D eigenvalue weighted by Gasteiger charge is -2.17. The van der Waals surface area contributed by atoms with Crippen molar-refractivity contribution in [3.63, 3.8) is 0 Å². The molecule has 0 aliphatic carbocycles. The normalized spacial score (nSPS) is 13.3. The number of benzene rings is 1. The minimum absolute atomic E-state index is 0.362. The van der Waals surface area contributed by atoms with E-state index in [1.165, 1.54) is 18.5 Å². The lowest BCUT2D eigenvalue weighted by atomic mass is 10.2. The fourth-order valence-electron chi connectivity index (χ4n) is 2.18. The van der Waals surface area contributed by atoms with Crippen molar-refractivity contribution in [3.8, 4) is 0 Å². The van der Waals surface area contributed by atoms with E-state index in [0.717, 1.165) is 0 Å². The largest absolute Gasteiger partial charge is 0.249 e. The zero-order valence-electron chi connectivity index (χ0n) is 12.7. The summed E-state index contributed by atoms with van der Waals surface area (Å²) in [4.78, 5) is 3.74. The molecule has 0 radical (unpaired) electrons. The van der Waals surface area contributed by atoms with Gasteiger partial charge in [0.05, 0.1) is 6.04 Å². The highest BCUT2D eigenvalue weighted by Crippen LogP contribution is 2.21. The summed E-state index contributed by atoms with van der Waals surface area (Å²) in [5, 5.41) is 4.03. The Morgan fingerprint density at radius 1 is 1.36 bits per heavy atom. The van der Waals surface area contributed by atoms with E-state index in [1.54, 1.807) is 17.7 Å². The average Bonchev–Trinajstić information content (AvgIpc) is 2.92. The second kappa shape index (κ2) is 6.53. The van der Waals surface area contributed by atoms with Gasteiger partial charge in [-0.1, -0.05) is 13.0 Å². The molecule has 0 aliphatic rings. The van der Waals surface area contributed by atoms with Crippen LogP contribution in [0.25, 0.3) is 0 Å². The molecule has 0 saturated carbocycles. The van der Waals surface area contributed by atoms with Crippen LogP contribution in [0.15, 0.2) is 29.4 Å². The van der Waals surface area contributed by atoms with Gasteiger partial charge in [0.15, 0.2) is 0 Å². The molecule has 6 nitrogen and oxygen atoms in total. The smallest absolute Gasteiger partial charge is 0.244 e. The van der Waals surface area contributed by atoms with Crippen molar-refractivity contribution in [1.29, 1.82) is 0 Å². The highest BCUT2D eigenvalue weighted by molar-refractivity contribution is 7.89. The first-order valence-electron chi connectivity index (χ1n) is 7.05. The third-order valence-corrected chi connectivity index (χ3v) is 4.84. The van der Waals surface area contributed by atoms with Crippen molar-refractivity contribution in [2.75, 3.05) is 0 Å². The quantitative estimate of drug-likeness (QED) is 0.882. The number of halogens is 1. The summed E-state index contributed by atoms with van der Waals surface area (Å²) < 4.78 is 42.9. The summed E-state index contributed by atoms with van der Waals surface area (Å²) in [6.07, 6.45) is 1.85. The SMILES string of the molecule is CC[C@@H](NS(=O)(=O)c1ccc(C)cc1F)c1ncnn1CC. The van der Waals surface area contributed by atoms with Gasteiger partial charge >= 0.3 is 0 Å². The third kappa shape index (κ3) is 3.33. The highest BCUT2D eigenvalue weighted by Gasteiger charge is 2.25. The molecule has 22 heavy (non-hydrogen) atoms. The van der Waals surface area contributed by atoms with Crippen LogP contribution in [0.1, 0.15) is 37.7 Å². The molecule has 1 aromatic heterocycles. The van der Waals surface area contributed by atoms with Gasteiger partial charge < -0.3 is 0 Å². The predicted octanol–water partition coefficient (Wildman–Crippen LogP) is 2.18. The van der Waals surface area contributed by atoms with Gasteiger partial charge in [0.2, 0.25) is 10.0 Å². The molecule has 120 valence electrons. The van der Waals surface area contributed by atoms with Crippen molar-refractivity contribution in [2.24, 2.45) is 0 Å². The van der Waals surface area contributed by atoms with E-state index in [2.05, 4.69) is 14.8 Å². The maximum Gasteiger partial charge on any atom is 0.244 e. The van der Waals surface area contributed by atoms with E-state index in [-0.39, 0.29) is 4.90 Å². The first kappa shape index (κ1) is 16.6. The van der Waals surface area contributed by atoms with Crippen LogP contribution >= 0.6 is 0 Å². The van der Waals surface area contributed by atoms with Crippen molar-refractivity contribution in [3.05, 3.63) is 41.7 Å². The Morgan fingerprint density at radius 2 is 2.09 bits per heavy atom. The van der Waals surface area contributed by atoms with Crippen molar-refractivity contribution in [1.82, 2.24) is 19.5 Å². The molecule has 2 rings (SSSR count). The maximum atomic E-state index is 13.9. The molecule has 0 amide bonds. The lowest BCUT2D eigenvalue weighted by Crippen LogP contribution is -2.31. The molecule has 0 spiro atoms. The number of aromatic nitrogens is 3. The molecule has 2 aromatic rings. The molecule has 8 heteroatoms. The zero-order chi connectivity index (χ0) is 16.3. The van der Waals surface area contributed by atoms with E-state index in [1.807, 2.05) is 13.8 Å². The van der Waals surface area contributed by atoms with Crippen LogP contribution in [0, 0.1) is 12.7 Å². The van der Waals surface area contributed by atoms with Gasteiger partial charge in [-0.3, -0.25) is 0 Å². The molecule has 0 unspecified atom stereocenters. The fraction of sp³-hybridized carbons (Fsp3) is 0.429. The third-order valence-electron chi connectivity index (χ3n) is 3.34. The van der Waals surface area contributed by atoms with Crippen molar-refractivity contribution < 1.29 is 12.8 Å². The Kier molecular flexibility index (Phi) is 4.92. The number of hydrogen-bond acceptors (Lipinski definition) is 4. The van der Waals surface area contributed by atoms with E-state index >= 15 is 0 Å². The van der Waals surface area contributed by atoms with Gasteiger partial charge in [0.1, 0.15) is 22.9 Å². The Hall–Kier alpha value is -1.80. The van der Waals surface area contributed by atoms with Crippen LogP contribution in [-0.4, -0.2) is 23.2 Å². The zero-order valence-corrected chi connectivity index (χ0v) is 13.6. The van der Waals surface area contributed by atoms with Crippen LogP contribution in [0.5, 0.6) is 0 Å². The highest BCUT2D eigenvalue weighted by atomic mass is 32.2. The van der Waals surface area contributed by atoms with Crippen molar-refractivity contribution >= 4 is 10.0 Å². The second-order valence-corrected chi connectivity index (χ2v) is 6.63. The molecule has 1 N–H and O–H groups in total. The molecule has 0 fully saturated rings. The Labute approximate surface area is 129 Å². The fourth-order valence-corrected chi connectivity index (χ4v) is 3.52. The molecular weight excluding hydrogens is 307 g/mol. The monoisotopic (exact) mass is 326 g/mol. The van der Waals surface area contributed by atoms with Crippen LogP contribution in [0.2, 0.25) is 0 Å². The first-order chi connectivity index (χ1) is 10.4. The van der Waals surface area contributed by atoms with Gasteiger partial charge in [-0.05, 0) is 38.0 Å². The number of aryl methyl sites for hydroxylation is 2. The predicted molar refractivity (Wildman–Crippen MR) is 80.2 cm³/mol. The number of nitrogens with zero attached hydrogens (tertiary/aromatic N) is 3.